The zero-order chi connectivity index (χ0) is 26.8. The standard InChI is InChI=1S/C29H41ClN4O3/c1-6-13-34-28-16-24(30)11-12-27(28)31-29(34)19-32(14-15-36-7-2)23(5)20-37-26-10-8-9-25(17-26)33(21-35)18-22(3)4/h8-12,16-17,21-23H,6-7,13-15,18-20H2,1-5H3. The molecule has 1 aromatic heterocycles. The molecule has 3 aromatic rings. The van der Waals surface area contributed by atoms with Crippen molar-refractivity contribution in [3.8, 4) is 5.75 Å². The molecule has 0 aliphatic carbocycles. The number of aryl methyl sites for hydroxylation is 1. The van der Waals surface area contributed by atoms with Gasteiger partial charge in [-0.05, 0) is 56.5 Å². The number of hydrogen-bond donors (Lipinski definition) is 0. The van der Waals surface area contributed by atoms with E-state index in [4.69, 9.17) is 26.1 Å². The predicted octanol–water partition coefficient (Wildman–Crippen LogP) is 6.02. The highest BCUT2D eigenvalue weighted by Crippen LogP contribution is 2.24. The Bertz CT molecular complexity index is 1130. The molecule has 0 aliphatic rings. The second kappa shape index (κ2) is 14.4. The van der Waals surface area contributed by atoms with Gasteiger partial charge in [-0.2, -0.15) is 0 Å². The second-order valence-electron chi connectivity index (χ2n) is 9.79. The van der Waals surface area contributed by atoms with E-state index in [1.165, 1.54) is 0 Å². The molecule has 0 saturated heterocycles. The van der Waals surface area contributed by atoms with Gasteiger partial charge in [0, 0.05) is 49.1 Å². The number of halogens is 1. The molecule has 3 rings (SSSR count). The molecule has 0 N–H and O–H groups in total. The molecule has 0 radical (unpaired) electrons. The van der Waals surface area contributed by atoms with E-state index in [1.54, 1.807) is 4.90 Å². The first kappa shape index (κ1) is 29.0. The molecule has 8 heteroatoms. The monoisotopic (exact) mass is 528 g/mol. The van der Waals surface area contributed by atoms with E-state index in [-0.39, 0.29) is 6.04 Å². The Labute approximate surface area is 226 Å². The van der Waals surface area contributed by atoms with Crippen molar-refractivity contribution in [1.82, 2.24) is 14.5 Å². The van der Waals surface area contributed by atoms with Crippen molar-refractivity contribution in [3.63, 3.8) is 0 Å². The maximum absolute atomic E-state index is 11.6. The number of carbonyl (C=O) groups excluding carboxylic acids is 1. The minimum atomic E-state index is 0.112. The molecule has 7 nitrogen and oxygen atoms in total. The number of benzene rings is 2. The van der Waals surface area contributed by atoms with Gasteiger partial charge in [0.15, 0.2) is 0 Å². The molecule has 1 atom stereocenters. The minimum Gasteiger partial charge on any atom is -0.492 e. The van der Waals surface area contributed by atoms with Crippen LogP contribution < -0.4 is 9.64 Å². The Morgan fingerprint density at radius 3 is 2.65 bits per heavy atom. The highest BCUT2D eigenvalue weighted by atomic mass is 35.5. The van der Waals surface area contributed by atoms with Crippen LogP contribution in [0.1, 0.15) is 46.9 Å². The molecule has 1 unspecified atom stereocenters. The van der Waals surface area contributed by atoms with Crippen LogP contribution in [0.5, 0.6) is 5.75 Å². The molecule has 202 valence electrons. The summed E-state index contributed by atoms with van der Waals surface area (Å²) in [6.07, 6.45) is 1.89. The largest absolute Gasteiger partial charge is 0.492 e. The van der Waals surface area contributed by atoms with E-state index in [2.05, 4.69) is 37.2 Å². The number of fused-ring (bicyclic) bond motifs is 1. The Balaban J connectivity index is 1.76. The molecular formula is C29H41ClN4O3. The van der Waals surface area contributed by atoms with E-state index >= 15 is 0 Å². The van der Waals surface area contributed by atoms with Gasteiger partial charge in [-0.25, -0.2) is 4.98 Å². The van der Waals surface area contributed by atoms with Gasteiger partial charge in [0.05, 0.1) is 24.2 Å². The van der Waals surface area contributed by atoms with Crippen molar-refractivity contribution in [1.29, 1.82) is 0 Å². The lowest BCUT2D eigenvalue weighted by molar-refractivity contribution is -0.107. The topological polar surface area (TPSA) is 59.8 Å². The number of anilines is 1. The van der Waals surface area contributed by atoms with Crippen LogP contribution in [0.15, 0.2) is 42.5 Å². The number of aromatic nitrogens is 2. The van der Waals surface area contributed by atoms with Crippen molar-refractivity contribution in [2.45, 2.75) is 60.2 Å². The van der Waals surface area contributed by atoms with Gasteiger partial charge in [0.1, 0.15) is 18.2 Å². The third kappa shape index (κ3) is 8.19. The lowest BCUT2D eigenvalue weighted by Crippen LogP contribution is -2.39. The highest BCUT2D eigenvalue weighted by Gasteiger charge is 2.20. The summed E-state index contributed by atoms with van der Waals surface area (Å²) in [7, 11) is 0. The van der Waals surface area contributed by atoms with Crippen LogP contribution in [0.3, 0.4) is 0 Å². The van der Waals surface area contributed by atoms with E-state index < -0.39 is 0 Å². The van der Waals surface area contributed by atoms with Crippen molar-refractivity contribution >= 4 is 34.7 Å². The number of nitrogens with zero attached hydrogens (tertiary/aromatic N) is 4. The maximum atomic E-state index is 11.6. The number of hydrogen-bond acceptors (Lipinski definition) is 5. The zero-order valence-electron chi connectivity index (χ0n) is 22.8. The first-order chi connectivity index (χ1) is 17.9. The van der Waals surface area contributed by atoms with Crippen molar-refractivity contribution in [2.24, 2.45) is 5.92 Å². The smallest absolute Gasteiger partial charge is 0.214 e. The Morgan fingerprint density at radius 2 is 1.95 bits per heavy atom. The highest BCUT2D eigenvalue weighted by molar-refractivity contribution is 6.31. The average Bonchev–Trinajstić information content (AvgIpc) is 3.21. The predicted molar refractivity (Wildman–Crippen MR) is 152 cm³/mol. The Kier molecular flexibility index (Phi) is 11.2. The third-order valence-corrected chi connectivity index (χ3v) is 6.50. The van der Waals surface area contributed by atoms with E-state index in [1.807, 2.05) is 49.4 Å². The fourth-order valence-electron chi connectivity index (χ4n) is 4.38. The number of ether oxygens (including phenoxy) is 2. The van der Waals surface area contributed by atoms with Gasteiger partial charge in [-0.3, -0.25) is 9.69 Å². The van der Waals surface area contributed by atoms with E-state index in [0.717, 1.165) is 59.2 Å². The van der Waals surface area contributed by atoms with E-state index in [9.17, 15) is 4.79 Å². The summed E-state index contributed by atoms with van der Waals surface area (Å²) in [5.74, 6) is 2.14. The second-order valence-corrected chi connectivity index (χ2v) is 10.2. The first-order valence-corrected chi connectivity index (χ1v) is 13.6. The first-order valence-electron chi connectivity index (χ1n) is 13.3. The van der Waals surface area contributed by atoms with Crippen LogP contribution in [-0.2, 0) is 22.6 Å². The fourth-order valence-corrected chi connectivity index (χ4v) is 4.55. The molecular weight excluding hydrogens is 488 g/mol. The normalized spacial score (nSPS) is 12.4. The van der Waals surface area contributed by atoms with Gasteiger partial charge >= 0.3 is 0 Å². The van der Waals surface area contributed by atoms with Crippen molar-refractivity contribution in [2.75, 3.05) is 37.8 Å². The van der Waals surface area contributed by atoms with Crippen LogP contribution in [0, 0.1) is 5.92 Å². The lowest BCUT2D eigenvalue weighted by atomic mass is 10.2. The Hall–Kier alpha value is -2.61. The van der Waals surface area contributed by atoms with Crippen LogP contribution >= 0.6 is 11.6 Å². The Morgan fingerprint density at radius 1 is 1.14 bits per heavy atom. The number of carbonyl (C=O) groups is 1. The molecule has 0 fully saturated rings. The summed E-state index contributed by atoms with van der Waals surface area (Å²) in [5, 5.41) is 0.718. The van der Waals surface area contributed by atoms with Crippen LogP contribution in [0.4, 0.5) is 5.69 Å². The number of amides is 1. The third-order valence-electron chi connectivity index (χ3n) is 6.26. The number of imidazole rings is 1. The fraction of sp³-hybridized carbons (Fsp3) is 0.517. The summed E-state index contributed by atoms with van der Waals surface area (Å²) < 4.78 is 14.2. The average molecular weight is 529 g/mol. The number of rotatable bonds is 16. The maximum Gasteiger partial charge on any atom is 0.214 e. The summed E-state index contributed by atoms with van der Waals surface area (Å²) in [6.45, 7) is 15.3. The zero-order valence-corrected chi connectivity index (χ0v) is 23.6. The van der Waals surface area contributed by atoms with Crippen molar-refractivity contribution in [3.05, 3.63) is 53.3 Å². The molecule has 2 aromatic carbocycles. The van der Waals surface area contributed by atoms with Gasteiger partial charge in [-0.15, -0.1) is 0 Å². The van der Waals surface area contributed by atoms with Crippen molar-refractivity contribution < 1.29 is 14.3 Å². The summed E-state index contributed by atoms with van der Waals surface area (Å²) in [4.78, 5) is 20.6. The van der Waals surface area contributed by atoms with Gasteiger partial charge in [-0.1, -0.05) is 38.4 Å². The molecule has 0 bridgehead atoms. The molecule has 0 spiro atoms. The lowest BCUT2D eigenvalue weighted by Gasteiger charge is -2.29. The SMILES string of the molecule is CCCn1c(CN(CCOCC)C(C)COc2cccc(N(C=O)CC(C)C)c2)nc2ccc(Cl)cc21. The quantitative estimate of drug-likeness (QED) is 0.168. The van der Waals surface area contributed by atoms with E-state index in [0.29, 0.717) is 38.8 Å². The minimum absolute atomic E-state index is 0.112. The molecule has 0 aliphatic heterocycles. The summed E-state index contributed by atoms with van der Waals surface area (Å²) in [5.41, 5.74) is 2.87. The van der Waals surface area contributed by atoms with Crippen LogP contribution in [0.2, 0.25) is 5.02 Å². The summed E-state index contributed by atoms with van der Waals surface area (Å²) in [6, 6.07) is 13.7. The van der Waals surface area contributed by atoms with Gasteiger partial charge in [0.25, 0.3) is 0 Å². The van der Waals surface area contributed by atoms with Gasteiger partial charge in [0.2, 0.25) is 6.41 Å². The van der Waals surface area contributed by atoms with Crippen LogP contribution in [0.25, 0.3) is 11.0 Å². The summed E-state index contributed by atoms with van der Waals surface area (Å²) >= 11 is 6.30. The van der Waals surface area contributed by atoms with Crippen LogP contribution in [-0.4, -0.2) is 59.8 Å². The van der Waals surface area contributed by atoms with Gasteiger partial charge < -0.3 is 18.9 Å². The molecule has 1 heterocycles. The molecule has 1 amide bonds. The molecule has 0 saturated carbocycles. The molecule has 37 heavy (non-hydrogen) atoms.